The van der Waals surface area contributed by atoms with Crippen LogP contribution in [0.2, 0.25) is 0 Å². The molecule has 0 radical (unpaired) electrons. The highest BCUT2D eigenvalue weighted by molar-refractivity contribution is 7.99. The van der Waals surface area contributed by atoms with Gasteiger partial charge in [0.15, 0.2) is 11.0 Å². The number of hydrogen-bond donors (Lipinski definition) is 1. The number of thioether (sulfide) groups is 1. The van der Waals surface area contributed by atoms with Gasteiger partial charge < -0.3 is 9.88 Å². The second-order valence-corrected chi connectivity index (χ2v) is 9.52. The summed E-state index contributed by atoms with van der Waals surface area (Å²) in [5.74, 6) is 1.35. The molecular weight excluding hydrogens is 414 g/mol. The Hall–Kier alpha value is -2.63. The van der Waals surface area contributed by atoms with Crippen molar-refractivity contribution in [3.8, 4) is 17.5 Å². The summed E-state index contributed by atoms with van der Waals surface area (Å²) in [5.41, 5.74) is 4.01. The number of aryl methyl sites for hydroxylation is 2. The molecule has 0 aliphatic heterocycles. The van der Waals surface area contributed by atoms with Gasteiger partial charge in [-0.2, -0.15) is 5.26 Å². The minimum absolute atomic E-state index is 0.0705. The fraction of sp³-hybridized carbons (Fsp3) is 0.364. The molecule has 154 valence electrons. The smallest absolute Gasteiger partial charge is 0.225 e. The summed E-state index contributed by atoms with van der Waals surface area (Å²) in [7, 11) is 1.94. The molecule has 1 aromatic carbocycles. The summed E-state index contributed by atoms with van der Waals surface area (Å²) in [6.07, 6.45) is 4.57. The molecule has 0 fully saturated rings. The van der Waals surface area contributed by atoms with Crippen molar-refractivity contribution in [3.05, 3.63) is 45.8 Å². The van der Waals surface area contributed by atoms with Gasteiger partial charge >= 0.3 is 0 Å². The number of amides is 1. The molecule has 8 heteroatoms. The second kappa shape index (κ2) is 9.02. The molecule has 1 amide bonds. The summed E-state index contributed by atoms with van der Waals surface area (Å²) < 4.78 is 1.96. The van der Waals surface area contributed by atoms with Gasteiger partial charge in [0.25, 0.3) is 0 Å². The van der Waals surface area contributed by atoms with Crippen molar-refractivity contribution in [1.29, 1.82) is 5.26 Å². The Morgan fingerprint density at radius 2 is 2.10 bits per heavy atom. The van der Waals surface area contributed by atoms with Gasteiger partial charge in [0.1, 0.15) is 11.1 Å². The van der Waals surface area contributed by atoms with Gasteiger partial charge in [0.2, 0.25) is 5.91 Å². The van der Waals surface area contributed by atoms with E-state index in [9.17, 15) is 10.1 Å². The molecule has 2 aromatic heterocycles. The van der Waals surface area contributed by atoms with Crippen LogP contribution in [0.5, 0.6) is 0 Å². The maximum absolute atomic E-state index is 12.5. The van der Waals surface area contributed by atoms with Crippen LogP contribution in [0.15, 0.2) is 29.4 Å². The number of benzene rings is 1. The van der Waals surface area contributed by atoms with Gasteiger partial charge in [-0.25, -0.2) is 0 Å². The molecule has 0 saturated heterocycles. The molecule has 1 aliphatic rings. The van der Waals surface area contributed by atoms with Gasteiger partial charge in [-0.05, 0) is 43.7 Å². The topological polar surface area (TPSA) is 83.6 Å². The maximum atomic E-state index is 12.5. The highest BCUT2D eigenvalue weighted by Gasteiger charge is 2.22. The molecular formula is C22H23N5OS2. The molecule has 0 saturated carbocycles. The molecule has 2 heterocycles. The summed E-state index contributed by atoms with van der Waals surface area (Å²) in [6, 6.07) is 10.4. The summed E-state index contributed by atoms with van der Waals surface area (Å²) >= 11 is 3.07. The third-order valence-electron chi connectivity index (χ3n) is 5.32. The number of anilines is 1. The van der Waals surface area contributed by atoms with Gasteiger partial charge in [0, 0.05) is 29.7 Å². The number of carbonyl (C=O) groups is 1. The zero-order valence-corrected chi connectivity index (χ0v) is 18.7. The normalized spacial score (nSPS) is 13.0. The van der Waals surface area contributed by atoms with E-state index in [-0.39, 0.29) is 5.91 Å². The summed E-state index contributed by atoms with van der Waals surface area (Å²) in [5, 5.41) is 22.6. The van der Waals surface area contributed by atoms with Crippen LogP contribution in [-0.2, 0) is 24.7 Å². The third-order valence-corrected chi connectivity index (χ3v) is 7.55. The van der Waals surface area contributed by atoms with Gasteiger partial charge in [-0.1, -0.05) is 36.0 Å². The lowest BCUT2D eigenvalue weighted by Crippen LogP contribution is -2.12. The molecule has 4 rings (SSSR count). The molecule has 1 aliphatic carbocycles. The Balaban J connectivity index is 1.37. The van der Waals surface area contributed by atoms with Crippen molar-refractivity contribution in [2.45, 2.75) is 44.2 Å². The Morgan fingerprint density at radius 3 is 2.90 bits per heavy atom. The van der Waals surface area contributed by atoms with E-state index in [2.05, 4.69) is 34.6 Å². The Morgan fingerprint density at radius 1 is 1.30 bits per heavy atom. The van der Waals surface area contributed by atoms with Crippen molar-refractivity contribution >= 4 is 34.0 Å². The number of nitriles is 1. The molecule has 0 unspecified atom stereocenters. The zero-order valence-electron chi connectivity index (χ0n) is 17.1. The van der Waals surface area contributed by atoms with Crippen LogP contribution in [0.3, 0.4) is 0 Å². The molecule has 0 spiro atoms. The van der Waals surface area contributed by atoms with E-state index in [0.717, 1.165) is 53.4 Å². The number of hydrogen-bond acceptors (Lipinski definition) is 6. The summed E-state index contributed by atoms with van der Waals surface area (Å²) in [4.78, 5) is 13.7. The Labute approximate surface area is 184 Å². The second-order valence-electron chi connectivity index (χ2n) is 7.35. The van der Waals surface area contributed by atoms with Crippen molar-refractivity contribution in [1.82, 2.24) is 14.8 Å². The maximum Gasteiger partial charge on any atom is 0.225 e. The average molecular weight is 438 g/mol. The number of nitrogens with one attached hydrogen (secondary N) is 1. The van der Waals surface area contributed by atoms with Crippen LogP contribution in [0, 0.1) is 18.3 Å². The largest absolute Gasteiger partial charge is 0.317 e. The quantitative estimate of drug-likeness (QED) is 0.564. The Kier molecular flexibility index (Phi) is 6.21. The first-order chi connectivity index (χ1) is 14.6. The van der Waals surface area contributed by atoms with Gasteiger partial charge in [-0.15, -0.1) is 21.5 Å². The van der Waals surface area contributed by atoms with Crippen molar-refractivity contribution < 1.29 is 4.79 Å². The minimum Gasteiger partial charge on any atom is -0.317 e. The van der Waals surface area contributed by atoms with Crippen LogP contribution >= 0.6 is 23.1 Å². The Bertz CT molecular complexity index is 1130. The fourth-order valence-electron chi connectivity index (χ4n) is 3.70. The first-order valence-electron chi connectivity index (χ1n) is 10.0. The van der Waals surface area contributed by atoms with Crippen molar-refractivity contribution in [2.75, 3.05) is 11.1 Å². The van der Waals surface area contributed by atoms with E-state index in [0.29, 0.717) is 22.7 Å². The van der Waals surface area contributed by atoms with Crippen molar-refractivity contribution in [2.24, 2.45) is 7.05 Å². The first-order valence-corrected chi connectivity index (χ1v) is 11.8. The van der Waals surface area contributed by atoms with Crippen LogP contribution < -0.4 is 5.32 Å². The zero-order chi connectivity index (χ0) is 21.1. The molecule has 0 bridgehead atoms. The molecule has 30 heavy (non-hydrogen) atoms. The molecule has 6 nitrogen and oxygen atoms in total. The van der Waals surface area contributed by atoms with Crippen LogP contribution in [-0.4, -0.2) is 26.4 Å². The monoisotopic (exact) mass is 437 g/mol. The van der Waals surface area contributed by atoms with E-state index in [4.69, 9.17) is 0 Å². The lowest BCUT2D eigenvalue weighted by atomic mass is 9.96. The van der Waals surface area contributed by atoms with E-state index in [1.165, 1.54) is 16.6 Å². The molecule has 0 atom stereocenters. The number of fused-ring (bicyclic) bond motifs is 1. The lowest BCUT2D eigenvalue weighted by molar-refractivity contribution is -0.115. The van der Waals surface area contributed by atoms with Gasteiger partial charge in [-0.3, -0.25) is 4.79 Å². The van der Waals surface area contributed by atoms with E-state index in [1.807, 2.05) is 29.8 Å². The van der Waals surface area contributed by atoms with Crippen LogP contribution in [0.4, 0.5) is 5.00 Å². The lowest BCUT2D eigenvalue weighted by Gasteiger charge is -2.09. The first kappa shape index (κ1) is 20.6. The van der Waals surface area contributed by atoms with Crippen molar-refractivity contribution in [3.63, 3.8) is 0 Å². The predicted octanol–water partition coefficient (Wildman–Crippen LogP) is 4.72. The van der Waals surface area contributed by atoms with Crippen LogP contribution in [0.1, 0.15) is 40.8 Å². The highest BCUT2D eigenvalue weighted by Crippen LogP contribution is 2.37. The van der Waals surface area contributed by atoms with E-state index in [1.54, 1.807) is 11.3 Å². The van der Waals surface area contributed by atoms with Gasteiger partial charge in [0.05, 0.1) is 5.56 Å². The van der Waals surface area contributed by atoms with E-state index < -0.39 is 0 Å². The van der Waals surface area contributed by atoms with Crippen LogP contribution in [0.25, 0.3) is 11.4 Å². The number of nitrogens with zero attached hydrogens (tertiary/aromatic N) is 4. The van der Waals surface area contributed by atoms with E-state index >= 15 is 0 Å². The average Bonchev–Trinajstić information content (AvgIpc) is 3.28. The fourth-order valence-corrected chi connectivity index (χ4v) is 5.80. The minimum atomic E-state index is -0.0705. The standard InChI is InChI=1S/C22H23N5OS2/c1-14-7-3-4-8-15(14)20-25-26-22(27(20)2)29-12-11-19(28)24-21-17(13-23)16-9-5-6-10-18(16)30-21/h3-4,7-8H,5-6,9-12H2,1-2H3,(H,24,28). The highest BCUT2D eigenvalue weighted by atomic mass is 32.2. The predicted molar refractivity (Wildman–Crippen MR) is 121 cm³/mol. The SMILES string of the molecule is Cc1ccccc1-c1nnc(SCCC(=O)Nc2sc3c(c2C#N)CCCC3)n1C. The number of aromatic nitrogens is 3. The molecule has 1 N–H and O–H groups in total. The number of rotatable bonds is 6. The number of thiophene rings is 1. The number of carbonyl (C=O) groups excluding carboxylic acids is 1. The third kappa shape index (κ3) is 4.13. The summed E-state index contributed by atoms with van der Waals surface area (Å²) in [6.45, 7) is 2.05. The molecule has 3 aromatic rings.